The van der Waals surface area contributed by atoms with Crippen LogP contribution in [0.1, 0.15) is 15.9 Å². The van der Waals surface area contributed by atoms with Crippen molar-refractivity contribution in [2.24, 2.45) is 0 Å². The lowest BCUT2D eigenvalue weighted by Crippen LogP contribution is -2.08. The molecule has 0 spiro atoms. The third-order valence-electron chi connectivity index (χ3n) is 2.24. The van der Waals surface area contributed by atoms with Crippen molar-refractivity contribution >= 4 is 22.5 Å². The third kappa shape index (κ3) is 2.79. The normalized spacial score (nSPS) is 9.94. The zero-order chi connectivity index (χ0) is 12.1. The van der Waals surface area contributed by atoms with Crippen LogP contribution in [0, 0.1) is 0 Å². The highest BCUT2D eigenvalue weighted by atomic mass is 32.1. The maximum Gasteiger partial charge on any atom is 0.338 e. The summed E-state index contributed by atoms with van der Waals surface area (Å²) in [6.45, 7) is 0.537. The number of benzene rings is 1. The Balaban J connectivity index is 2.12. The molecule has 0 unspecified atom stereocenters. The minimum absolute atomic E-state index is 0.329. The highest BCUT2D eigenvalue weighted by Crippen LogP contribution is 2.14. The number of esters is 1. The fraction of sp³-hybridized carbons (Fsp3) is 0.182. The zero-order valence-electron chi connectivity index (χ0n) is 9.21. The number of hydrogen-bond acceptors (Lipinski definition) is 6. The first kappa shape index (κ1) is 11.5. The molecular formula is C11H11N3O2S. The molecule has 0 aliphatic rings. The fourth-order valence-corrected chi connectivity index (χ4v) is 1.82. The fourth-order valence-electron chi connectivity index (χ4n) is 1.41. The SMILES string of the molecule is COC(=O)c1ccccc1CNc1cnns1. The molecule has 6 heteroatoms. The van der Waals surface area contributed by atoms with Gasteiger partial charge in [0.2, 0.25) is 0 Å². The van der Waals surface area contributed by atoms with Crippen LogP contribution in [0.2, 0.25) is 0 Å². The number of rotatable bonds is 4. The standard InChI is InChI=1S/C11H11N3O2S/c1-16-11(15)9-5-3-2-4-8(9)6-12-10-7-13-14-17-10/h2-5,7,12H,6H2,1H3. The number of carbonyl (C=O) groups is 1. The number of methoxy groups -OCH3 is 1. The number of ether oxygens (including phenoxy) is 1. The minimum atomic E-state index is -0.329. The maximum absolute atomic E-state index is 11.5. The first-order valence-corrected chi connectivity index (χ1v) is 5.76. The molecular weight excluding hydrogens is 238 g/mol. The Labute approximate surface area is 103 Å². The summed E-state index contributed by atoms with van der Waals surface area (Å²) in [4.78, 5) is 11.5. The van der Waals surface area contributed by atoms with Crippen LogP contribution in [-0.4, -0.2) is 22.7 Å². The van der Waals surface area contributed by atoms with Gasteiger partial charge >= 0.3 is 5.97 Å². The van der Waals surface area contributed by atoms with Crippen molar-refractivity contribution in [3.63, 3.8) is 0 Å². The van der Waals surface area contributed by atoms with Crippen molar-refractivity contribution < 1.29 is 9.53 Å². The molecule has 17 heavy (non-hydrogen) atoms. The Morgan fingerprint density at radius 3 is 3.00 bits per heavy atom. The molecule has 1 aromatic heterocycles. The minimum Gasteiger partial charge on any atom is -0.465 e. The van der Waals surface area contributed by atoms with Gasteiger partial charge in [-0.25, -0.2) is 4.79 Å². The number of nitrogens with zero attached hydrogens (tertiary/aromatic N) is 2. The van der Waals surface area contributed by atoms with Crippen LogP contribution in [0.25, 0.3) is 0 Å². The van der Waals surface area contributed by atoms with E-state index in [1.54, 1.807) is 12.3 Å². The summed E-state index contributed by atoms with van der Waals surface area (Å²) in [7, 11) is 1.37. The van der Waals surface area contributed by atoms with Crippen molar-refractivity contribution in [3.05, 3.63) is 41.6 Å². The molecule has 0 saturated carbocycles. The number of aromatic nitrogens is 2. The van der Waals surface area contributed by atoms with Crippen LogP contribution in [-0.2, 0) is 11.3 Å². The molecule has 0 amide bonds. The lowest BCUT2D eigenvalue weighted by atomic mass is 10.1. The molecule has 88 valence electrons. The highest BCUT2D eigenvalue weighted by Gasteiger charge is 2.10. The molecule has 0 bridgehead atoms. The molecule has 5 nitrogen and oxygen atoms in total. The van der Waals surface area contributed by atoms with Crippen LogP contribution in [0.15, 0.2) is 30.5 Å². The number of nitrogens with one attached hydrogen (secondary N) is 1. The van der Waals surface area contributed by atoms with Gasteiger partial charge in [-0.05, 0) is 11.6 Å². The molecule has 1 aromatic carbocycles. The van der Waals surface area contributed by atoms with Crippen molar-refractivity contribution in [3.8, 4) is 0 Å². The first-order valence-electron chi connectivity index (χ1n) is 4.98. The maximum atomic E-state index is 11.5. The molecule has 0 aliphatic heterocycles. The number of hydrogen-bond donors (Lipinski definition) is 1. The lowest BCUT2D eigenvalue weighted by molar-refractivity contribution is 0.0599. The molecule has 1 N–H and O–H groups in total. The Bertz CT molecular complexity index is 499. The van der Waals surface area contributed by atoms with Crippen LogP contribution >= 0.6 is 11.5 Å². The molecule has 0 saturated heterocycles. The molecule has 0 aliphatic carbocycles. The smallest absolute Gasteiger partial charge is 0.338 e. The number of anilines is 1. The topological polar surface area (TPSA) is 64.1 Å². The molecule has 2 aromatic rings. The molecule has 0 radical (unpaired) electrons. The lowest BCUT2D eigenvalue weighted by Gasteiger charge is -2.07. The molecule has 2 rings (SSSR count). The van der Waals surface area contributed by atoms with Gasteiger partial charge in [-0.1, -0.05) is 22.7 Å². The summed E-state index contributed by atoms with van der Waals surface area (Å²) in [6, 6.07) is 7.32. The van der Waals surface area contributed by atoms with E-state index < -0.39 is 0 Å². The van der Waals surface area contributed by atoms with E-state index in [-0.39, 0.29) is 5.97 Å². The van der Waals surface area contributed by atoms with E-state index in [1.807, 2.05) is 18.2 Å². The average Bonchev–Trinajstić information content (AvgIpc) is 2.89. The Kier molecular flexibility index (Phi) is 3.66. The Hall–Kier alpha value is -1.95. The molecule has 1 heterocycles. The monoisotopic (exact) mass is 249 g/mol. The predicted octanol–water partition coefficient (Wildman–Crippen LogP) is 1.94. The van der Waals surface area contributed by atoms with Crippen molar-refractivity contribution in [1.29, 1.82) is 0 Å². The van der Waals surface area contributed by atoms with E-state index in [4.69, 9.17) is 4.74 Å². The first-order chi connectivity index (χ1) is 8.31. The second kappa shape index (κ2) is 5.40. The van der Waals surface area contributed by atoms with Crippen molar-refractivity contribution in [2.75, 3.05) is 12.4 Å². The molecule has 0 atom stereocenters. The Morgan fingerprint density at radius 1 is 1.47 bits per heavy atom. The van der Waals surface area contributed by atoms with E-state index in [2.05, 4.69) is 14.9 Å². The largest absolute Gasteiger partial charge is 0.465 e. The van der Waals surface area contributed by atoms with E-state index in [9.17, 15) is 4.79 Å². The highest BCUT2D eigenvalue weighted by molar-refractivity contribution is 7.09. The van der Waals surface area contributed by atoms with Gasteiger partial charge in [0.05, 0.1) is 18.9 Å². The predicted molar refractivity (Wildman–Crippen MR) is 65.0 cm³/mol. The van der Waals surface area contributed by atoms with Crippen molar-refractivity contribution in [1.82, 2.24) is 9.59 Å². The summed E-state index contributed by atoms with van der Waals surface area (Å²) in [5, 5.41) is 7.73. The van der Waals surface area contributed by atoms with E-state index in [0.717, 1.165) is 10.6 Å². The second-order valence-electron chi connectivity index (χ2n) is 3.28. The number of carbonyl (C=O) groups excluding carboxylic acids is 1. The van der Waals surface area contributed by atoms with Gasteiger partial charge in [-0.15, -0.1) is 5.10 Å². The van der Waals surface area contributed by atoms with Crippen LogP contribution in [0.4, 0.5) is 5.00 Å². The van der Waals surface area contributed by atoms with Gasteiger partial charge in [-0.2, -0.15) is 0 Å². The van der Waals surface area contributed by atoms with Gasteiger partial charge in [0, 0.05) is 18.1 Å². The van der Waals surface area contributed by atoms with E-state index in [0.29, 0.717) is 12.1 Å². The zero-order valence-corrected chi connectivity index (χ0v) is 10.0. The van der Waals surface area contributed by atoms with Crippen molar-refractivity contribution in [2.45, 2.75) is 6.54 Å². The Morgan fingerprint density at radius 2 is 2.29 bits per heavy atom. The van der Waals surface area contributed by atoms with Gasteiger partial charge in [0.25, 0.3) is 0 Å². The van der Waals surface area contributed by atoms with E-state index >= 15 is 0 Å². The summed E-state index contributed by atoms with van der Waals surface area (Å²) >= 11 is 1.27. The van der Waals surface area contributed by atoms with Gasteiger partial charge in [0.15, 0.2) is 0 Å². The average molecular weight is 249 g/mol. The van der Waals surface area contributed by atoms with Crippen LogP contribution in [0.5, 0.6) is 0 Å². The summed E-state index contributed by atoms with van der Waals surface area (Å²) < 4.78 is 8.47. The van der Waals surface area contributed by atoms with Gasteiger partial charge < -0.3 is 10.1 Å². The van der Waals surface area contributed by atoms with Crippen LogP contribution in [0.3, 0.4) is 0 Å². The quantitative estimate of drug-likeness (QED) is 0.839. The summed E-state index contributed by atoms with van der Waals surface area (Å²) in [5.41, 5.74) is 1.45. The second-order valence-corrected chi connectivity index (χ2v) is 4.07. The summed E-state index contributed by atoms with van der Waals surface area (Å²) in [5.74, 6) is -0.329. The third-order valence-corrected chi connectivity index (χ3v) is 2.86. The molecule has 0 fully saturated rings. The summed E-state index contributed by atoms with van der Waals surface area (Å²) in [6.07, 6.45) is 1.64. The van der Waals surface area contributed by atoms with Crippen LogP contribution < -0.4 is 5.32 Å². The van der Waals surface area contributed by atoms with Gasteiger partial charge in [-0.3, -0.25) is 0 Å². The van der Waals surface area contributed by atoms with Gasteiger partial charge in [0.1, 0.15) is 5.00 Å². The van der Waals surface area contributed by atoms with E-state index in [1.165, 1.54) is 18.6 Å².